The van der Waals surface area contributed by atoms with Crippen molar-refractivity contribution in [1.29, 1.82) is 0 Å². The fraction of sp³-hybridized carbons (Fsp3) is 0.600. The van der Waals surface area contributed by atoms with Gasteiger partial charge in [0.15, 0.2) is 0 Å². The molecule has 1 aromatic rings. The first-order chi connectivity index (χ1) is 9.50. The van der Waals surface area contributed by atoms with Crippen molar-refractivity contribution in [2.75, 3.05) is 31.1 Å². The molecule has 0 radical (unpaired) electrons. The first-order valence-corrected chi connectivity index (χ1v) is 7.13. The van der Waals surface area contributed by atoms with Gasteiger partial charge in [-0.2, -0.15) is 13.2 Å². The molecule has 1 aromatic carbocycles. The van der Waals surface area contributed by atoms with Crippen LogP contribution in [0.25, 0.3) is 0 Å². The second-order valence-corrected chi connectivity index (χ2v) is 5.31. The average Bonchev–Trinajstić information content (AvgIpc) is 2.45. The number of rotatable bonds is 4. The minimum Gasteiger partial charge on any atom is -0.371 e. The Balaban J connectivity index is 2.00. The summed E-state index contributed by atoms with van der Waals surface area (Å²) in [6.07, 6.45) is -1.98. The monoisotopic (exact) mass is 286 g/mol. The van der Waals surface area contributed by atoms with Crippen molar-refractivity contribution in [3.8, 4) is 0 Å². The number of hydrogen-bond donors (Lipinski definition) is 1. The SMILES string of the molecule is CCNCC1CCCN(c2ccc(C(F)(F)F)cc2)C1. The van der Waals surface area contributed by atoms with Gasteiger partial charge >= 0.3 is 6.18 Å². The van der Waals surface area contributed by atoms with Crippen molar-refractivity contribution in [2.45, 2.75) is 25.9 Å². The van der Waals surface area contributed by atoms with Crippen LogP contribution >= 0.6 is 0 Å². The minimum absolute atomic E-state index is 0.575. The second-order valence-electron chi connectivity index (χ2n) is 5.31. The van der Waals surface area contributed by atoms with Crippen molar-refractivity contribution in [3.63, 3.8) is 0 Å². The van der Waals surface area contributed by atoms with Crippen LogP contribution in [0.2, 0.25) is 0 Å². The molecule has 1 N–H and O–H groups in total. The van der Waals surface area contributed by atoms with Gasteiger partial charge < -0.3 is 10.2 Å². The largest absolute Gasteiger partial charge is 0.416 e. The first kappa shape index (κ1) is 15.2. The van der Waals surface area contributed by atoms with Crippen LogP contribution < -0.4 is 10.2 Å². The summed E-state index contributed by atoms with van der Waals surface area (Å²) in [5, 5.41) is 3.34. The molecule has 112 valence electrons. The molecule has 1 aliphatic rings. The van der Waals surface area contributed by atoms with Gasteiger partial charge in [0.05, 0.1) is 5.56 Å². The third-order valence-corrected chi connectivity index (χ3v) is 3.76. The molecule has 0 amide bonds. The highest BCUT2D eigenvalue weighted by atomic mass is 19.4. The van der Waals surface area contributed by atoms with E-state index in [-0.39, 0.29) is 0 Å². The first-order valence-electron chi connectivity index (χ1n) is 7.13. The van der Waals surface area contributed by atoms with Crippen LogP contribution in [0, 0.1) is 5.92 Å². The lowest BCUT2D eigenvalue weighted by Gasteiger charge is -2.34. The van der Waals surface area contributed by atoms with Gasteiger partial charge in [-0.1, -0.05) is 6.92 Å². The van der Waals surface area contributed by atoms with Crippen LogP contribution in [-0.4, -0.2) is 26.2 Å². The van der Waals surface area contributed by atoms with Gasteiger partial charge in [0.25, 0.3) is 0 Å². The molecule has 1 saturated heterocycles. The van der Waals surface area contributed by atoms with Crippen molar-refractivity contribution < 1.29 is 13.2 Å². The van der Waals surface area contributed by atoms with E-state index in [1.165, 1.54) is 18.6 Å². The molecule has 1 heterocycles. The Morgan fingerprint density at radius 2 is 1.95 bits per heavy atom. The number of piperidine rings is 1. The van der Waals surface area contributed by atoms with Crippen LogP contribution in [0.3, 0.4) is 0 Å². The molecular weight excluding hydrogens is 265 g/mol. The summed E-state index contributed by atoms with van der Waals surface area (Å²) in [7, 11) is 0. The molecular formula is C15H21F3N2. The van der Waals surface area contributed by atoms with Crippen molar-refractivity contribution in [1.82, 2.24) is 5.32 Å². The van der Waals surface area contributed by atoms with Gasteiger partial charge in [-0.25, -0.2) is 0 Å². The highest BCUT2D eigenvalue weighted by Gasteiger charge is 2.30. The van der Waals surface area contributed by atoms with E-state index in [1.807, 2.05) is 0 Å². The number of halogens is 3. The summed E-state index contributed by atoms with van der Waals surface area (Å²) in [6.45, 7) is 5.85. The van der Waals surface area contributed by atoms with E-state index < -0.39 is 11.7 Å². The Kier molecular flexibility index (Phi) is 4.91. The summed E-state index contributed by atoms with van der Waals surface area (Å²) in [4.78, 5) is 2.19. The Bertz CT molecular complexity index is 414. The summed E-state index contributed by atoms with van der Waals surface area (Å²) in [6, 6.07) is 5.50. The third kappa shape index (κ3) is 3.88. The molecule has 0 aliphatic carbocycles. The van der Waals surface area contributed by atoms with Crippen LogP contribution in [0.4, 0.5) is 18.9 Å². The van der Waals surface area contributed by atoms with Crippen molar-refractivity contribution >= 4 is 5.69 Å². The van der Waals surface area contributed by atoms with Gasteiger partial charge in [0.1, 0.15) is 0 Å². The third-order valence-electron chi connectivity index (χ3n) is 3.76. The van der Waals surface area contributed by atoms with Gasteiger partial charge in [0, 0.05) is 18.8 Å². The quantitative estimate of drug-likeness (QED) is 0.911. The molecule has 5 heteroatoms. The highest BCUT2D eigenvalue weighted by Crippen LogP contribution is 2.31. The number of nitrogens with one attached hydrogen (secondary N) is 1. The molecule has 2 nitrogen and oxygen atoms in total. The normalized spacial score (nSPS) is 20.2. The molecule has 2 rings (SSSR count). The maximum Gasteiger partial charge on any atom is 0.416 e. The molecule has 1 aliphatic heterocycles. The average molecular weight is 286 g/mol. The lowest BCUT2D eigenvalue weighted by Crippen LogP contribution is -2.39. The fourth-order valence-corrected chi connectivity index (χ4v) is 2.68. The summed E-state index contributed by atoms with van der Waals surface area (Å²) < 4.78 is 37.6. The molecule has 0 saturated carbocycles. The van der Waals surface area contributed by atoms with E-state index in [2.05, 4.69) is 17.1 Å². The zero-order valence-corrected chi connectivity index (χ0v) is 11.7. The zero-order valence-electron chi connectivity index (χ0n) is 11.7. The van der Waals surface area contributed by atoms with Gasteiger partial charge in [-0.3, -0.25) is 0 Å². The maximum atomic E-state index is 12.5. The van der Waals surface area contributed by atoms with Crippen molar-refractivity contribution in [2.24, 2.45) is 5.92 Å². The Morgan fingerprint density at radius 1 is 1.25 bits per heavy atom. The van der Waals surface area contributed by atoms with E-state index in [4.69, 9.17) is 0 Å². The molecule has 0 aromatic heterocycles. The lowest BCUT2D eigenvalue weighted by atomic mass is 9.97. The molecule has 1 fully saturated rings. The Labute approximate surface area is 118 Å². The van der Waals surface area contributed by atoms with Gasteiger partial charge in [-0.15, -0.1) is 0 Å². The number of hydrogen-bond acceptors (Lipinski definition) is 2. The minimum atomic E-state index is -4.26. The molecule has 0 bridgehead atoms. The number of nitrogens with zero attached hydrogens (tertiary/aromatic N) is 1. The Morgan fingerprint density at radius 3 is 2.55 bits per heavy atom. The zero-order chi connectivity index (χ0) is 14.6. The highest BCUT2D eigenvalue weighted by molar-refractivity contribution is 5.48. The molecule has 1 unspecified atom stereocenters. The maximum absolute atomic E-state index is 12.5. The van der Waals surface area contributed by atoms with Crippen LogP contribution in [0.1, 0.15) is 25.3 Å². The van der Waals surface area contributed by atoms with E-state index >= 15 is 0 Å². The molecule has 1 atom stereocenters. The second kappa shape index (κ2) is 6.48. The van der Waals surface area contributed by atoms with Crippen molar-refractivity contribution in [3.05, 3.63) is 29.8 Å². The molecule has 20 heavy (non-hydrogen) atoms. The topological polar surface area (TPSA) is 15.3 Å². The lowest BCUT2D eigenvalue weighted by molar-refractivity contribution is -0.137. The van der Waals surface area contributed by atoms with Crippen LogP contribution in [-0.2, 0) is 6.18 Å². The summed E-state index contributed by atoms with van der Waals surface area (Å²) >= 11 is 0. The molecule has 0 spiro atoms. The smallest absolute Gasteiger partial charge is 0.371 e. The van der Waals surface area contributed by atoms with Gasteiger partial charge in [0.2, 0.25) is 0 Å². The number of benzene rings is 1. The Hall–Kier alpha value is -1.23. The predicted octanol–water partition coefficient (Wildman–Crippen LogP) is 3.53. The summed E-state index contributed by atoms with van der Waals surface area (Å²) in [5.74, 6) is 0.575. The van der Waals surface area contributed by atoms with E-state index in [9.17, 15) is 13.2 Å². The van der Waals surface area contributed by atoms with Crippen LogP contribution in [0.5, 0.6) is 0 Å². The standard InChI is InChI=1S/C15H21F3N2/c1-2-19-10-12-4-3-9-20(11-12)14-7-5-13(6-8-14)15(16,17)18/h5-8,12,19H,2-4,9-11H2,1H3. The van der Waals surface area contributed by atoms with E-state index in [0.717, 1.165) is 38.3 Å². The summed E-state index contributed by atoms with van der Waals surface area (Å²) in [5.41, 5.74) is 0.307. The number of alkyl halides is 3. The fourth-order valence-electron chi connectivity index (χ4n) is 2.68. The number of anilines is 1. The van der Waals surface area contributed by atoms with Gasteiger partial charge in [-0.05, 0) is 56.1 Å². The predicted molar refractivity (Wildman–Crippen MR) is 74.9 cm³/mol. The van der Waals surface area contributed by atoms with E-state index in [0.29, 0.717) is 5.92 Å². The van der Waals surface area contributed by atoms with E-state index in [1.54, 1.807) is 12.1 Å². The van der Waals surface area contributed by atoms with Crippen LogP contribution in [0.15, 0.2) is 24.3 Å².